The molecule has 0 aliphatic carbocycles. The molecule has 1 aromatic carbocycles. The second-order valence-corrected chi connectivity index (χ2v) is 6.85. The van der Waals surface area contributed by atoms with Gasteiger partial charge in [0.1, 0.15) is 5.82 Å². The van der Waals surface area contributed by atoms with E-state index in [1.165, 1.54) is 12.7 Å². The van der Waals surface area contributed by atoms with Crippen LogP contribution in [0.15, 0.2) is 29.4 Å². The van der Waals surface area contributed by atoms with E-state index in [0.717, 1.165) is 22.7 Å². The summed E-state index contributed by atoms with van der Waals surface area (Å²) in [5.41, 5.74) is 2.94. The number of H-pyrrole nitrogens is 1. The molecule has 1 unspecified atom stereocenters. The molecule has 2 bridgehead atoms. The van der Waals surface area contributed by atoms with Crippen molar-refractivity contribution in [3.05, 3.63) is 47.0 Å². The van der Waals surface area contributed by atoms with Crippen LogP contribution in [0.2, 0.25) is 0 Å². The second-order valence-electron chi connectivity index (χ2n) is 4.18. The predicted octanol–water partition coefficient (Wildman–Crippen LogP) is 3.29. The van der Waals surface area contributed by atoms with E-state index in [4.69, 9.17) is 4.74 Å². The number of imidazole rings is 1. The summed E-state index contributed by atoms with van der Waals surface area (Å²) in [7, 11) is 1.40. The van der Waals surface area contributed by atoms with E-state index >= 15 is 0 Å². The third kappa shape index (κ3) is 2.30. The minimum atomic E-state index is -0.297. The number of hydrogen-bond donors (Lipinski definition) is 1. The Morgan fingerprint density at radius 3 is 3.05 bits per heavy atom. The SMILES string of the molecule is COC(=O)c1cc2c(Cc3ncc[nH]3)c(c1)C(Br)S2. The number of ether oxygens (including phenoxy) is 1. The van der Waals surface area contributed by atoms with Crippen LogP contribution in [-0.4, -0.2) is 23.0 Å². The first-order valence-electron chi connectivity index (χ1n) is 5.73. The summed E-state index contributed by atoms with van der Waals surface area (Å²) in [5, 5.41) is 0. The van der Waals surface area contributed by atoms with Gasteiger partial charge in [-0.3, -0.25) is 0 Å². The first-order valence-corrected chi connectivity index (χ1v) is 7.52. The smallest absolute Gasteiger partial charge is 0.337 e. The first kappa shape index (κ1) is 12.7. The Kier molecular flexibility index (Phi) is 3.36. The van der Waals surface area contributed by atoms with E-state index < -0.39 is 0 Å². The molecule has 2 heterocycles. The average molecular weight is 339 g/mol. The van der Waals surface area contributed by atoms with Crippen LogP contribution in [0.25, 0.3) is 0 Å². The fourth-order valence-electron chi connectivity index (χ4n) is 2.14. The van der Waals surface area contributed by atoms with Gasteiger partial charge in [0.25, 0.3) is 0 Å². The van der Waals surface area contributed by atoms with Crippen LogP contribution in [-0.2, 0) is 11.2 Å². The zero-order valence-corrected chi connectivity index (χ0v) is 12.5. The molecular weight excluding hydrogens is 328 g/mol. The zero-order valence-electron chi connectivity index (χ0n) is 10.1. The van der Waals surface area contributed by atoms with Gasteiger partial charge >= 0.3 is 5.97 Å². The van der Waals surface area contributed by atoms with Crippen LogP contribution in [0.3, 0.4) is 0 Å². The van der Waals surface area contributed by atoms with Crippen molar-refractivity contribution in [3.63, 3.8) is 0 Å². The number of halogens is 1. The van der Waals surface area contributed by atoms with Gasteiger partial charge in [-0.1, -0.05) is 15.9 Å². The topological polar surface area (TPSA) is 55.0 Å². The first-order chi connectivity index (χ1) is 9.19. The molecule has 1 atom stereocenters. The molecule has 6 heteroatoms. The van der Waals surface area contributed by atoms with Crippen LogP contribution < -0.4 is 0 Å². The molecule has 2 aromatic rings. The number of esters is 1. The Morgan fingerprint density at radius 2 is 2.42 bits per heavy atom. The van der Waals surface area contributed by atoms with Crippen molar-refractivity contribution in [2.24, 2.45) is 0 Å². The molecule has 1 aliphatic rings. The predicted molar refractivity (Wildman–Crippen MR) is 76.7 cm³/mol. The Balaban J connectivity index is 2.00. The molecule has 0 amide bonds. The second kappa shape index (κ2) is 5.02. The van der Waals surface area contributed by atoms with Gasteiger partial charge in [-0.2, -0.15) is 0 Å². The van der Waals surface area contributed by atoms with E-state index in [1.54, 1.807) is 18.0 Å². The van der Waals surface area contributed by atoms with E-state index in [1.807, 2.05) is 18.3 Å². The van der Waals surface area contributed by atoms with Crippen LogP contribution >= 0.6 is 27.7 Å². The van der Waals surface area contributed by atoms with Crippen molar-refractivity contribution < 1.29 is 9.53 Å². The molecule has 4 nitrogen and oxygen atoms in total. The lowest BCUT2D eigenvalue weighted by atomic mass is 10.0. The summed E-state index contributed by atoms with van der Waals surface area (Å²) in [6, 6.07) is 3.78. The van der Waals surface area contributed by atoms with Crippen LogP contribution in [0.5, 0.6) is 0 Å². The monoisotopic (exact) mass is 338 g/mol. The van der Waals surface area contributed by atoms with Crippen molar-refractivity contribution >= 4 is 33.7 Å². The maximum Gasteiger partial charge on any atom is 0.337 e. The minimum absolute atomic E-state index is 0.186. The largest absolute Gasteiger partial charge is 0.465 e. The number of aromatic nitrogens is 2. The molecule has 0 saturated carbocycles. The molecule has 1 aromatic heterocycles. The Morgan fingerprint density at radius 1 is 1.58 bits per heavy atom. The number of benzene rings is 1. The Hall–Kier alpha value is -1.27. The molecule has 0 saturated heterocycles. The zero-order chi connectivity index (χ0) is 13.4. The third-order valence-corrected chi connectivity index (χ3v) is 5.17. The summed E-state index contributed by atoms with van der Waals surface area (Å²) in [4.78, 5) is 20.1. The highest BCUT2D eigenvalue weighted by atomic mass is 79.9. The Labute approximate surface area is 123 Å². The number of carbonyl (C=O) groups is 1. The molecule has 1 N–H and O–H groups in total. The number of fused-ring (bicyclic) bond motifs is 2. The number of alkyl halides is 1. The summed E-state index contributed by atoms with van der Waals surface area (Å²) >= 11 is 5.33. The van der Waals surface area contributed by atoms with Crippen LogP contribution in [0.4, 0.5) is 0 Å². The summed E-state index contributed by atoms with van der Waals surface area (Å²) in [6.07, 6.45) is 4.30. The minimum Gasteiger partial charge on any atom is -0.465 e. The lowest BCUT2D eigenvalue weighted by molar-refractivity contribution is 0.0600. The highest BCUT2D eigenvalue weighted by Crippen LogP contribution is 2.51. The molecular formula is C13H11BrN2O2S. The van der Waals surface area contributed by atoms with Gasteiger partial charge in [-0.15, -0.1) is 11.8 Å². The molecule has 19 heavy (non-hydrogen) atoms. The average Bonchev–Trinajstić information content (AvgIpc) is 2.96. The number of thioether (sulfide) groups is 1. The van der Waals surface area contributed by atoms with Gasteiger partial charge in [0.2, 0.25) is 0 Å². The molecule has 0 radical (unpaired) electrons. The van der Waals surface area contributed by atoms with E-state index in [9.17, 15) is 4.79 Å². The highest BCUT2D eigenvalue weighted by molar-refractivity contribution is 9.11. The fraction of sp³-hybridized carbons (Fsp3) is 0.231. The van der Waals surface area contributed by atoms with Gasteiger partial charge in [0.05, 0.1) is 16.8 Å². The normalized spacial score (nSPS) is 16.6. The number of nitrogens with one attached hydrogen (secondary N) is 1. The van der Waals surface area contributed by atoms with Gasteiger partial charge in [0, 0.05) is 23.7 Å². The third-order valence-electron chi connectivity index (χ3n) is 3.04. The summed E-state index contributed by atoms with van der Waals surface area (Å²) in [5.74, 6) is 0.629. The van der Waals surface area contributed by atoms with Crippen molar-refractivity contribution in [3.8, 4) is 0 Å². The number of methoxy groups -OCH3 is 1. The number of carbonyl (C=O) groups excluding carboxylic acids is 1. The number of rotatable bonds is 3. The van der Waals surface area contributed by atoms with Crippen LogP contribution in [0, 0.1) is 0 Å². The van der Waals surface area contributed by atoms with Crippen molar-refractivity contribution in [1.29, 1.82) is 0 Å². The standard InChI is InChI=1S/C13H11BrN2O2S/c1-18-13(17)7-4-9-8(6-11-15-2-3-16-11)10(5-7)19-12(9)14/h2-5,12H,6H2,1H3,(H,15,16). The molecule has 3 rings (SSSR count). The quantitative estimate of drug-likeness (QED) is 0.689. The maximum atomic E-state index is 11.6. The highest BCUT2D eigenvalue weighted by Gasteiger charge is 2.28. The fourth-order valence-corrected chi connectivity index (χ4v) is 4.24. The van der Waals surface area contributed by atoms with Crippen LogP contribution in [0.1, 0.15) is 31.5 Å². The lowest BCUT2D eigenvalue weighted by Crippen LogP contribution is -2.03. The van der Waals surface area contributed by atoms with E-state index in [0.29, 0.717) is 5.56 Å². The van der Waals surface area contributed by atoms with E-state index in [-0.39, 0.29) is 10.1 Å². The van der Waals surface area contributed by atoms with E-state index in [2.05, 4.69) is 25.9 Å². The summed E-state index contributed by atoms with van der Waals surface area (Å²) < 4.78 is 4.96. The van der Waals surface area contributed by atoms with Gasteiger partial charge in [-0.05, 0) is 23.3 Å². The lowest BCUT2D eigenvalue weighted by Gasteiger charge is -2.06. The molecule has 0 fully saturated rings. The van der Waals surface area contributed by atoms with Crippen molar-refractivity contribution in [1.82, 2.24) is 9.97 Å². The van der Waals surface area contributed by atoms with Gasteiger partial charge in [0.15, 0.2) is 0 Å². The van der Waals surface area contributed by atoms with Gasteiger partial charge < -0.3 is 9.72 Å². The molecule has 1 aliphatic heterocycles. The number of nitrogens with zero attached hydrogens (tertiary/aromatic N) is 1. The number of aromatic amines is 1. The van der Waals surface area contributed by atoms with Gasteiger partial charge in [-0.25, -0.2) is 9.78 Å². The maximum absolute atomic E-state index is 11.6. The molecule has 0 spiro atoms. The molecule has 98 valence electrons. The summed E-state index contributed by atoms with van der Waals surface area (Å²) in [6.45, 7) is 0. The van der Waals surface area contributed by atoms with Crippen molar-refractivity contribution in [2.75, 3.05) is 7.11 Å². The Bertz CT molecular complexity index is 628. The number of hydrogen-bond acceptors (Lipinski definition) is 4. The van der Waals surface area contributed by atoms with Crippen molar-refractivity contribution in [2.45, 2.75) is 15.5 Å².